The van der Waals surface area contributed by atoms with Gasteiger partial charge in [0.05, 0.1) is 19.2 Å². The van der Waals surface area contributed by atoms with Crippen molar-refractivity contribution in [3.63, 3.8) is 0 Å². The van der Waals surface area contributed by atoms with Gasteiger partial charge in [-0.25, -0.2) is 9.59 Å². The fourth-order valence-corrected chi connectivity index (χ4v) is 4.58. The van der Waals surface area contributed by atoms with Crippen molar-refractivity contribution in [2.24, 2.45) is 0 Å². The lowest BCUT2D eigenvalue weighted by atomic mass is 10.0. The number of benzene rings is 1. The van der Waals surface area contributed by atoms with Crippen molar-refractivity contribution in [3.8, 4) is 0 Å². The van der Waals surface area contributed by atoms with Crippen LogP contribution in [0.3, 0.4) is 0 Å². The predicted molar refractivity (Wildman–Crippen MR) is 122 cm³/mol. The number of ether oxygens (including phenoxy) is 2. The highest BCUT2D eigenvalue weighted by Crippen LogP contribution is 2.38. The van der Waals surface area contributed by atoms with Gasteiger partial charge in [0.15, 0.2) is 6.10 Å². The number of fused-ring (bicyclic) bond motifs is 2. The van der Waals surface area contributed by atoms with Gasteiger partial charge in [0.2, 0.25) is 11.8 Å². The van der Waals surface area contributed by atoms with Crippen LogP contribution in [0.1, 0.15) is 63.1 Å². The van der Waals surface area contributed by atoms with E-state index in [2.05, 4.69) is 10.2 Å². The number of carbonyl (C=O) groups is 2. The average molecular weight is 486 g/mol. The van der Waals surface area contributed by atoms with Crippen LogP contribution in [0.25, 0.3) is 0 Å². The van der Waals surface area contributed by atoms with Crippen molar-refractivity contribution in [3.05, 3.63) is 47.7 Å². The van der Waals surface area contributed by atoms with Gasteiger partial charge in [-0.15, -0.1) is 10.2 Å². The first-order valence-electron chi connectivity index (χ1n) is 12.0. The highest BCUT2D eigenvalue weighted by Gasteiger charge is 2.48. The Kier molecular flexibility index (Phi) is 6.37. The number of hydroxylamine groups is 2. The Hall–Kier alpha value is -3.18. The van der Waals surface area contributed by atoms with Crippen LogP contribution in [0, 0.1) is 0 Å². The molecule has 3 aliphatic rings. The molecule has 0 N–H and O–H groups in total. The molecule has 1 aromatic heterocycles. The molecule has 11 nitrogen and oxygen atoms in total. The summed E-state index contributed by atoms with van der Waals surface area (Å²) in [5.74, 6) is 0.661. The maximum absolute atomic E-state index is 13.1. The number of nitrogens with zero attached hydrogens (tertiary/aromatic N) is 5. The fraction of sp³-hybridized carbons (Fsp3) is 0.583. The highest BCUT2D eigenvalue weighted by molar-refractivity contribution is 5.77. The lowest BCUT2D eigenvalue weighted by Crippen LogP contribution is -2.44. The molecule has 0 saturated carbocycles. The van der Waals surface area contributed by atoms with Crippen LogP contribution in [0.15, 0.2) is 34.7 Å². The molecule has 4 heterocycles. The molecule has 35 heavy (non-hydrogen) atoms. The van der Waals surface area contributed by atoms with Crippen LogP contribution in [-0.4, -0.2) is 75.1 Å². The van der Waals surface area contributed by atoms with Gasteiger partial charge in [-0.05, 0) is 39.2 Å². The van der Waals surface area contributed by atoms with E-state index in [1.165, 1.54) is 5.06 Å². The molecule has 3 amide bonds. The third kappa shape index (κ3) is 5.10. The summed E-state index contributed by atoms with van der Waals surface area (Å²) < 4.78 is 17.2. The number of amides is 3. The second-order valence-corrected chi connectivity index (χ2v) is 10.0. The molecule has 0 spiro atoms. The fourth-order valence-electron chi connectivity index (χ4n) is 4.58. The lowest BCUT2D eigenvalue weighted by Gasteiger charge is -2.33. The molecular formula is C24H31N5O6. The molecule has 11 heteroatoms. The molecule has 3 atom stereocenters. The van der Waals surface area contributed by atoms with Gasteiger partial charge in [0, 0.05) is 13.1 Å². The largest absolute Gasteiger partial charge is 0.444 e. The first-order chi connectivity index (χ1) is 16.8. The summed E-state index contributed by atoms with van der Waals surface area (Å²) in [5.41, 5.74) is 0.422. The zero-order valence-electron chi connectivity index (χ0n) is 20.3. The van der Waals surface area contributed by atoms with E-state index in [9.17, 15) is 9.59 Å². The zero-order valence-corrected chi connectivity index (χ0v) is 20.3. The summed E-state index contributed by atoms with van der Waals surface area (Å²) in [7, 11) is 0. The van der Waals surface area contributed by atoms with Crippen LogP contribution >= 0.6 is 0 Å². The number of urea groups is 1. The van der Waals surface area contributed by atoms with E-state index in [0.717, 1.165) is 12.0 Å². The van der Waals surface area contributed by atoms with E-state index in [0.29, 0.717) is 44.5 Å². The van der Waals surface area contributed by atoms with E-state index < -0.39 is 17.8 Å². The number of rotatable bonds is 5. The molecule has 2 bridgehead atoms. The number of carbonyl (C=O) groups excluding carboxylic acids is 2. The SMILES string of the molecule is CC(C)(C)OC(=O)N1CCOC(c2nnc([C@@H]3CC[C@@H]4CN3C(=O)N4OCc3ccccc3)o2)C1. The number of piperidine rings is 1. The molecule has 5 rings (SSSR count). The molecular weight excluding hydrogens is 454 g/mol. The van der Waals surface area contributed by atoms with Crippen molar-refractivity contribution in [2.45, 2.75) is 64.0 Å². The maximum Gasteiger partial charge on any atom is 0.410 e. The van der Waals surface area contributed by atoms with Crippen molar-refractivity contribution >= 4 is 12.1 Å². The van der Waals surface area contributed by atoms with Crippen LogP contribution in [-0.2, 0) is 20.9 Å². The van der Waals surface area contributed by atoms with Crippen LogP contribution in [0.2, 0.25) is 0 Å². The summed E-state index contributed by atoms with van der Waals surface area (Å²) >= 11 is 0. The normalized spacial score (nSPS) is 24.7. The van der Waals surface area contributed by atoms with Crippen molar-refractivity contribution in [2.75, 3.05) is 26.2 Å². The quantitative estimate of drug-likeness (QED) is 0.633. The van der Waals surface area contributed by atoms with Crippen molar-refractivity contribution < 1.29 is 28.3 Å². The number of hydrogen-bond acceptors (Lipinski definition) is 8. The second kappa shape index (κ2) is 9.46. The van der Waals surface area contributed by atoms with E-state index in [1.807, 2.05) is 51.1 Å². The van der Waals surface area contributed by atoms with Crippen molar-refractivity contribution in [1.29, 1.82) is 0 Å². The predicted octanol–water partition coefficient (Wildman–Crippen LogP) is 3.45. The Balaban J connectivity index is 1.22. The van der Waals surface area contributed by atoms with Gasteiger partial charge in [-0.2, -0.15) is 5.06 Å². The van der Waals surface area contributed by atoms with Gasteiger partial charge < -0.3 is 23.7 Å². The average Bonchev–Trinajstić information content (AvgIpc) is 3.42. The van der Waals surface area contributed by atoms with E-state index >= 15 is 0 Å². The van der Waals surface area contributed by atoms with Crippen molar-refractivity contribution in [1.82, 2.24) is 25.1 Å². The molecule has 1 unspecified atom stereocenters. The maximum atomic E-state index is 13.1. The van der Waals surface area contributed by atoms with Gasteiger partial charge in [0.25, 0.3) is 0 Å². The van der Waals surface area contributed by atoms with Gasteiger partial charge >= 0.3 is 12.1 Å². The van der Waals surface area contributed by atoms with E-state index in [4.69, 9.17) is 18.7 Å². The first-order valence-corrected chi connectivity index (χ1v) is 12.0. The Morgan fingerprint density at radius 2 is 1.89 bits per heavy atom. The Labute approximate surface area is 203 Å². The topological polar surface area (TPSA) is 110 Å². The third-order valence-corrected chi connectivity index (χ3v) is 6.27. The van der Waals surface area contributed by atoms with Crippen LogP contribution in [0.5, 0.6) is 0 Å². The summed E-state index contributed by atoms with van der Waals surface area (Å²) in [6, 6.07) is 9.24. The van der Waals surface area contributed by atoms with E-state index in [1.54, 1.807) is 9.80 Å². The molecule has 0 radical (unpaired) electrons. The molecule has 188 valence electrons. The minimum absolute atomic E-state index is 0.00563. The Morgan fingerprint density at radius 1 is 1.11 bits per heavy atom. The van der Waals surface area contributed by atoms with Gasteiger partial charge in [-0.1, -0.05) is 30.3 Å². The number of aromatic nitrogens is 2. The summed E-state index contributed by atoms with van der Waals surface area (Å²) in [5, 5.41) is 9.89. The number of morpholine rings is 1. The molecule has 3 aliphatic heterocycles. The minimum atomic E-state index is -0.581. The monoisotopic (exact) mass is 485 g/mol. The van der Waals surface area contributed by atoms with Crippen LogP contribution < -0.4 is 0 Å². The van der Waals surface area contributed by atoms with Crippen LogP contribution in [0.4, 0.5) is 9.59 Å². The summed E-state index contributed by atoms with van der Waals surface area (Å²) in [4.78, 5) is 34.7. The zero-order chi connectivity index (χ0) is 24.6. The molecule has 3 saturated heterocycles. The Bertz CT molecular complexity index is 1050. The molecule has 3 fully saturated rings. The molecule has 1 aromatic carbocycles. The molecule has 0 aliphatic carbocycles. The lowest BCUT2D eigenvalue weighted by molar-refractivity contribution is -0.140. The minimum Gasteiger partial charge on any atom is -0.444 e. The van der Waals surface area contributed by atoms with Gasteiger partial charge in [0.1, 0.15) is 18.2 Å². The number of hydrogen-bond donors (Lipinski definition) is 0. The standard InChI is InChI=1S/C24H31N5O6/c1-24(2,3)35-23(31)27-11-12-32-19(14-27)21-26-25-20(34-21)18-10-9-17-13-28(18)22(30)29(17)33-15-16-7-5-4-6-8-16/h4-8,17-19H,9-15H2,1-3H3/t17-,18+,19?/m1/s1. The molecule has 2 aromatic rings. The third-order valence-electron chi connectivity index (χ3n) is 6.27. The van der Waals surface area contributed by atoms with Gasteiger partial charge in [-0.3, -0.25) is 4.84 Å². The summed E-state index contributed by atoms with van der Waals surface area (Å²) in [6.45, 7) is 7.39. The highest BCUT2D eigenvalue weighted by atomic mass is 16.7. The Morgan fingerprint density at radius 3 is 2.66 bits per heavy atom. The first kappa shape index (κ1) is 23.6. The van der Waals surface area contributed by atoms with E-state index in [-0.39, 0.29) is 24.7 Å². The summed E-state index contributed by atoms with van der Waals surface area (Å²) in [6.07, 6.45) is 0.515. The smallest absolute Gasteiger partial charge is 0.410 e. The second-order valence-electron chi connectivity index (χ2n) is 10.0.